The number of anilines is 2. The number of phenolic OH excluding ortho intramolecular Hbond substituents is 1. The predicted molar refractivity (Wildman–Crippen MR) is 87.1 cm³/mol. The zero-order valence-electron chi connectivity index (χ0n) is 12.8. The van der Waals surface area contributed by atoms with E-state index in [-0.39, 0.29) is 28.5 Å². The summed E-state index contributed by atoms with van der Waals surface area (Å²) >= 11 is 0. The van der Waals surface area contributed by atoms with Crippen LogP contribution in [0.1, 0.15) is 0 Å². The lowest BCUT2D eigenvalue weighted by Crippen LogP contribution is -2.20. The van der Waals surface area contributed by atoms with Gasteiger partial charge in [-0.15, -0.1) is 0 Å². The highest BCUT2D eigenvalue weighted by atomic mass is 16.6. The van der Waals surface area contributed by atoms with Gasteiger partial charge >= 0.3 is 6.03 Å². The van der Waals surface area contributed by atoms with E-state index >= 15 is 0 Å². The number of nitrogens with zero attached hydrogens (tertiary/aromatic N) is 2. The third-order valence-electron chi connectivity index (χ3n) is 3.08. The monoisotopic (exact) mass is 348 g/mol. The number of aromatic hydroxyl groups is 1. The fraction of sp³-hybridized carbons (Fsp3) is 0.0714. The van der Waals surface area contributed by atoms with Crippen LogP contribution in [0, 0.1) is 20.2 Å². The van der Waals surface area contributed by atoms with Crippen LogP contribution in [0.5, 0.6) is 11.5 Å². The molecule has 11 heteroatoms. The van der Waals surface area contributed by atoms with Gasteiger partial charge in [0.1, 0.15) is 11.5 Å². The second-order valence-corrected chi connectivity index (χ2v) is 4.68. The Kier molecular flexibility index (Phi) is 4.98. The van der Waals surface area contributed by atoms with E-state index in [2.05, 4.69) is 10.6 Å². The number of urea groups is 1. The second kappa shape index (κ2) is 7.12. The van der Waals surface area contributed by atoms with Crippen molar-refractivity contribution in [1.29, 1.82) is 0 Å². The van der Waals surface area contributed by atoms with E-state index in [9.17, 15) is 30.1 Å². The van der Waals surface area contributed by atoms with Gasteiger partial charge in [0.05, 0.1) is 40.5 Å². The molecule has 0 saturated heterocycles. The molecule has 0 aliphatic carbocycles. The van der Waals surface area contributed by atoms with Gasteiger partial charge in [0.25, 0.3) is 11.4 Å². The van der Waals surface area contributed by atoms with Crippen molar-refractivity contribution in [2.24, 2.45) is 0 Å². The summed E-state index contributed by atoms with van der Waals surface area (Å²) in [6.07, 6.45) is 0. The SMILES string of the molecule is COc1cc([N+](=O)[O-])ccc1NC(=O)Nc1ccc([N+](=O)[O-])cc1O. The molecule has 0 atom stereocenters. The first-order valence-electron chi connectivity index (χ1n) is 6.69. The molecule has 11 nitrogen and oxygen atoms in total. The molecule has 3 N–H and O–H groups in total. The molecular weight excluding hydrogens is 336 g/mol. The molecule has 0 spiro atoms. The average Bonchev–Trinajstić information content (AvgIpc) is 2.56. The number of benzene rings is 2. The Labute approximate surface area is 140 Å². The Morgan fingerprint density at radius 2 is 1.52 bits per heavy atom. The first kappa shape index (κ1) is 17.5. The van der Waals surface area contributed by atoms with Crippen molar-refractivity contribution in [3.63, 3.8) is 0 Å². The normalized spacial score (nSPS) is 9.96. The fourth-order valence-corrected chi connectivity index (χ4v) is 1.91. The maximum atomic E-state index is 12.0. The minimum absolute atomic E-state index is 0.0519. The van der Waals surface area contributed by atoms with Gasteiger partial charge in [0.2, 0.25) is 0 Å². The highest BCUT2D eigenvalue weighted by molar-refractivity contribution is 6.01. The summed E-state index contributed by atoms with van der Waals surface area (Å²) in [5.41, 5.74) is -0.438. The number of ether oxygens (including phenoxy) is 1. The van der Waals surface area contributed by atoms with Crippen molar-refractivity contribution in [3.05, 3.63) is 56.6 Å². The number of non-ortho nitro benzene ring substituents is 2. The zero-order valence-corrected chi connectivity index (χ0v) is 12.8. The summed E-state index contributed by atoms with van der Waals surface area (Å²) in [5, 5.41) is 35.7. The van der Waals surface area contributed by atoms with Gasteiger partial charge < -0.3 is 20.5 Å². The Hall–Kier alpha value is -3.89. The summed E-state index contributed by atoms with van der Waals surface area (Å²) in [5.74, 6) is -0.419. The highest BCUT2D eigenvalue weighted by Crippen LogP contribution is 2.30. The number of hydrogen-bond acceptors (Lipinski definition) is 7. The van der Waals surface area contributed by atoms with Crippen LogP contribution >= 0.6 is 0 Å². The quantitative estimate of drug-likeness (QED) is 0.426. The van der Waals surface area contributed by atoms with E-state index in [4.69, 9.17) is 4.74 Å². The fourth-order valence-electron chi connectivity index (χ4n) is 1.91. The molecule has 2 aromatic carbocycles. The van der Waals surface area contributed by atoms with Crippen LogP contribution in [0.15, 0.2) is 36.4 Å². The van der Waals surface area contributed by atoms with Crippen LogP contribution in [0.2, 0.25) is 0 Å². The lowest BCUT2D eigenvalue weighted by Gasteiger charge is -2.11. The molecule has 2 amide bonds. The Morgan fingerprint density at radius 1 is 1.00 bits per heavy atom. The van der Waals surface area contributed by atoms with Crippen LogP contribution < -0.4 is 15.4 Å². The maximum Gasteiger partial charge on any atom is 0.323 e. The molecule has 0 saturated carbocycles. The minimum Gasteiger partial charge on any atom is -0.506 e. The molecule has 0 unspecified atom stereocenters. The van der Waals surface area contributed by atoms with E-state index in [1.54, 1.807) is 0 Å². The van der Waals surface area contributed by atoms with E-state index in [0.29, 0.717) is 0 Å². The Morgan fingerprint density at radius 3 is 2.04 bits per heavy atom. The van der Waals surface area contributed by atoms with Crippen molar-refractivity contribution >= 4 is 28.8 Å². The third-order valence-corrected chi connectivity index (χ3v) is 3.08. The van der Waals surface area contributed by atoms with Gasteiger partial charge in [-0.3, -0.25) is 20.2 Å². The lowest BCUT2D eigenvalue weighted by atomic mass is 10.2. The van der Waals surface area contributed by atoms with Gasteiger partial charge in [-0.05, 0) is 12.1 Å². The molecular formula is C14H12N4O7. The number of methoxy groups -OCH3 is 1. The van der Waals surface area contributed by atoms with Gasteiger partial charge in [-0.2, -0.15) is 0 Å². The van der Waals surface area contributed by atoms with Crippen LogP contribution in [-0.4, -0.2) is 28.1 Å². The molecule has 0 radical (unpaired) electrons. The van der Waals surface area contributed by atoms with Gasteiger partial charge in [-0.1, -0.05) is 0 Å². The zero-order chi connectivity index (χ0) is 18.6. The lowest BCUT2D eigenvalue weighted by molar-refractivity contribution is -0.385. The van der Waals surface area contributed by atoms with Crippen molar-refractivity contribution in [2.45, 2.75) is 0 Å². The number of amides is 2. The summed E-state index contributed by atoms with van der Waals surface area (Å²) in [6.45, 7) is 0. The molecule has 0 aromatic heterocycles. The predicted octanol–water partition coefficient (Wildman–Crippen LogP) is 2.86. The number of nitro groups is 2. The number of hydrogen-bond donors (Lipinski definition) is 3. The molecule has 0 bridgehead atoms. The van der Waals surface area contributed by atoms with E-state index in [0.717, 1.165) is 18.2 Å². The first-order chi connectivity index (χ1) is 11.8. The average molecular weight is 348 g/mol. The highest BCUT2D eigenvalue weighted by Gasteiger charge is 2.15. The molecule has 2 rings (SSSR count). The summed E-state index contributed by atoms with van der Waals surface area (Å²) in [7, 11) is 1.28. The van der Waals surface area contributed by atoms with Crippen molar-refractivity contribution in [1.82, 2.24) is 0 Å². The van der Waals surface area contributed by atoms with Crippen molar-refractivity contribution in [2.75, 3.05) is 17.7 Å². The molecule has 25 heavy (non-hydrogen) atoms. The van der Waals surface area contributed by atoms with Crippen LogP contribution in [-0.2, 0) is 0 Å². The first-order valence-corrected chi connectivity index (χ1v) is 6.69. The molecule has 0 heterocycles. The maximum absolute atomic E-state index is 12.0. The third kappa shape index (κ3) is 4.10. The molecule has 0 fully saturated rings. The molecule has 0 aliphatic heterocycles. The number of phenols is 1. The topological polar surface area (TPSA) is 157 Å². The van der Waals surface area contributed by atoms with E-state index in [1.807, 2.05) is 0 Å². The standard InChI is InChI=1S/C14H12N4O7/c1-25-13-7-9(18(23)24)3-5-11(13)16-14(20)15-10-4-2-8(17(21)22)6-12(10)19/h2-7,19H,1H3,(H2,15,16,20). The van der Waals surface area contributed by atoms with E-state index < -0.39 is 21.6 Å². The van der Waals surface area contributed by atoms with Crippen LogP contribution in [0.4, 0.5) is 27.5 Å². The summed E-state index contributed by atoms with van der Waals surface area (Å²) < 4.78 is 4.98. The number of nitrogens with one attached hydrogen (secondary N) is 2. The number of carbonyl (C=O) groups excluding carboxylic acids is 1. The van der Waals surface area contributed by atoms with Crippen LogP contribution in [0.25, 0.3) is 0 Å². The van der Waals surface area contributed by atoms with Crippen molar-refractivity contribution < 1.29 is 24.5 Å². The summed E-state index contributed by atoms with van der Waals surface area (Å²) in [6, 6.07) is 5.99. The molecule has 0 aliphatic rings. The number of nitro benzene ring substituents is 2. The second-order valence-electron chi connectivity index (χ2n) is 4.68. The summed E-state index contributed by atoms with van der Waals surface area (Å²) in [4.78, 5) is 32.0. The molecule has 2 aromatic rings. The minimum atomic E-state index is -0.781. The number of rotatable bonds is 5. The largest absolute Gasteiger partial charge is 0.506 e. The number of carbonyl (C=O) groups is 1. The Bertz CT molecular complexity index is 853. The Balaban J connectivity index is 2.15. The van der Waals surface area contributed by atoms with Gasteiger partial charge in [-0.25, -0.2) is 4.79 Å². The van der Waals surface area contributed by atoms with Crippen molar-refractivity contribution in [3.8, 4) is 11.5 Å². The van der Waals surface area contributed by atoms with Gasteiger partial charge in [0.15, 0.2) is 0 Å². The van der Waals surface area contributed by atoms with Crippen LogP contribution in [0.3, 0.4) is 0 Å². The smallest absolute Gasteiger partial charge is 0.323 e. The van der Waals surface area contributed by atoms with E-state index in [1.165, 1.54) is 25.3 Å². The van der Waals surface area contributed by atoms with Gasteiger partial charge in [0, 0.05) is 12.1 Å². The molecule has 130 valence electrons.